The molecule has 0 radical (unpaired) electrons. The van der Waals surface area contributed by atoms with Crippen LogP contribution in [0.2, 0.25) is 0 Å². The Kier molecular flexibility index (Phi) is 5.43. The summed E-state index contributed by atoms with van der Waals surface area (Å²) < 4.78 is 0. The molecule has 1 N–H and O–H groups in total. The van der Waals surface area contributed by atoms with Gasteiger partial charge in [0.2, 0.25) is 5.91 Å². The number of carbonyl (C=O) groups is 1. The number of piperidine rings is 1. The van der Waals surface area contributed by atoms with E-state index in [9.17, 15) is 4.79 Å². The van der Waals surface area contributed by atoms with Crippen LogP contribution in [0.3, 0.4) is 0 Å². The normalized spacial score (nSPS) is 14.9. The Morgan fingerprint density at radius 3 is 2.62 bits per heavy atom. The van der Waals surface area contributed by atoms with Crippen LogP contribution in [-0.4, -0.2) is 33.9 Å². The zero-order valence-corrected chi connectivity index (χ0v) is 17.3. The van der Waals surface area contributed by atoms with Crippen LogP contribution in [0.5, 0.6) is 0 Å². The van der Waals surface area contributed by atoms with Crippen LogP contribution in [0.25, 0.3) is 11.2 Å². The van der Waals surface area contributed by atoms with Crippen molar-refractivity contribution in [2.24, 2.45) is 5.92 Å². The van der Waals surface area contributed by atoms with Crippen molar-refractivity contribution in [3.63, 3.8) is 0 Å². The van der Waals surface area contributed by atoms with Gasteiger partial charge in [-0.3, -0.25) is 4.79 Å². The number of pyridine rings is 1. The molecule has 1 fully saturated rings. The van der Waals surface area contributed by atoms with Gasteiger partial charge in [-0.1, -0.05) is 25.1 Å². The molecule has 3 aromatic rings. The number of amides is 1. The predicted molar refractivity (Wildman–Crippen MR) is 116 cm³/mol. The van der Waals surface area contributed by atoms with Gasteiger partial charge < -0.3 is 10.2 Å². The Morgan fingerprint density at radius 1 is 1.14 bits per heavy atom. The lowest BCUT2D eigenvalue weighted by atomic mass is 9.95. The number of fused-ring (bicyclic) bond motifs is 1. The number of aryl methyl sites for hydroxylation is 3. The Balaban J connectivity index is 1.42. The number of benzene rings is 1. The van der Waals surface area contributed by atoms with Crippen molar-refractivity contribution in [2.45, 2.75) is 40.0 Å². The lowest BCUT2D eigenvalue weighted by Crippen LogP contribution is -2.38. The molecule has 29 heavy (non-hydrogen) atoms. The van der Waals surface area contributed by atoms with E-state index in [2.05, 4.69) is 44.2 Å². The van der Waals surface area contributed by atoms with E-state index in [0.717, 1.165) is 60.6 Å². The second kappa shape index (κ2) is 8.15. The Hall–Kier alpha value is -3.02. The standard InChI is InChI=1S/C23H27N5O/c1-4-17-7-5-6-8-20(17)27-23(29)18-9-11-28(12-10-18)19-13-21-22(24-14-19)26-16(3)15(2)25-21/h5-8,13-14,18H,4,9-12H2,1-3H3,(H,27,29). The average molecular weight is 390 g/mol. The number of anilines is 2. The summed E-state index contributed by atoms with van der Waals surface area (Å²) >= 11 is 0. The van der Waals surface area contributed by atoms with E-state index in [1.54, 1.807) is 0 Å². The Morgan fingerprint density at radius 2 is 1.86 bits per heavy atom. The van der Waals surface area contributed by atoms with Gasteiger partial charge in [-0.05, 0) is 50.8 Å². The van der Waals surface area contributed by atoms with Gasteiger partial charge in [0, 0.05) is 24.7 Å². The fourth-order valence-electron chi connectivity index (χ4n) is 3.86. The third-order valence-electron chi connectivity index (χ3n) is 5.81. The van der Waals surface area contributed by atoms with Crippen molar-refractivity contribution in [1.82, 2.24) is 15.0 Å². The van der Waals surface area contributed by atoms with Crippen LogP contribution in [0.4, 0.5) is 11.4 Å². The molecule has 150 valence electrons. The number of aromatic nitrogens is 3. The maximum Gasteiger partial charge on any atom is 0.227 e. The minimum Gasteiger partial charge on any atom is -0.370 e. The summed E-state index contributed by atoms with van der Waals surface area (Å²) in [5.74, 6) is 0.161. The second-order valence-electron chi connectivity index (χ2n) is 7.69. The van der Waals surface area contributed by atoms with Crippen molar-refractivity contribution >= 4 is 28.4 Å². The van der Waals surface area contributed by atoms with E-state index in [-0.39, 0.29) is 11.8 Å². The van der Waals surface area contributed by atoms with Crippen LogP contribution in [0.15, 0.2) is 36.5 Å². The molecule has 1 amide bonds. The molecule has 0 spiro atoms. The molecule has 0 saturated carbocycles. The minimum atomic E-state index is 0.0364. The SMILES string of the molecule is CCc1ccccc1NC(=O)C1CCN(c2cnc3nc(C)c(C)nc3c2)CC1. The van der Waals surface area contributed by atoms with Gasteiger partial charge >= 0.3 is 0 Å². The molecule has 0 unspecified atom stereocenters. The van der Waals surface area contributed by atoms with Crippen molar-refractivity contribution in [2.75, 3.05) is 23.3 Å². The predicted octanol–water partition coefficient (Wildman–Crippen LogP) is 4.06. The highest BCUT2D eigenvalue weighted by molar-refractivity contribution is 5.93. The summed E-state index contributed by atoms with van der Waals surface area (Å²) in [7, 11) is 0. The largest absolute Gasteiger partial charge is 0.370 e. The fourth-order valence-corrected chi connectivity index (χ4v) is 3.86. The summed E-state index contributed by atoms with van der Waals surface area (Å²) in [6.07, 6.45) is 4.43. The first kappa shape index (κ1) is 19.3. The maximum absolute atomic E-state index is 12.8. The number of carbonyl (C=O) groups excluding carboxylic acids is 1. The molecule has 1 saturated heterocycles. The van der Waals surface area contributed by atoms with Gasteiger partial charge in [-0.25, -0.2) is 15.0 Å². The highest BCUT2D eigenvalue weighted by Crippen LogP contribution is 2.26. The first-order chi connectivity index (χ1) is 14.0. The van der Waals surface area contributed by atoms with Crippen molar-refractivity contribution in [3.8, 4) is 0 Å². The summed E-state index contributed by atoms with van der Waals surface area (Å²) in [5, 5.41) is 3.13. The van der Waals surface area contributed by atoms with Gasteiger partial charge in [-0.15, -0.1) is 0 Å². The minimum absolute atomic E-state index is 0.0364. The van der Waals surface area contributed by atoms with Crippen molar-refractivity contribution in [1.29, 1.82) is 0 Å². The quantitative estimate of drug-likeness (QED) is 0.729. The van der Waals surface area contributed by atoms with Gasteiger partial charge in [0.25, 0.3) is 0 Å². The van der Waals surface area contributed by atoms with E-state index in [1.165, 1.54) is 5.56 Å². The molecule has 2 aromatic heterocycles. The maximum atomic E-state index is 12.8. The third-order valence-corrected chi connectivity index (χ3v) is 5.81. The Labute approximate surface area is 171 Å². The molecule has 0 bridgehead atoms. The van der Waals surface area contributed by atoms with Gasteiger partial charge in [0.15, 0.2) is 5.65 Å². The molecule has 0 aliphatic carbocycles. The number of nitrogens with one attached hydrogen (secondary N) is 1. The first-order valence-corrected chi connectivity index (χ1v) is 10.3. The number of hydrogen-bond acceptors (Lipinski definition) is 5. The summed E-state index contributed by atoms with van der Waals surface area (Å²) in [4.78, 5) is 28.7. The van der Waals surface area contributed by atoms with Crippen LogP contribution in [0.1, 0.15) is 36.7 Å². The molecule has 6 nitrogen and oxygen atoms in total. The average Bonchev–Trinajstić information content (AvgIpc) is 2.75. The van der Waals surface area contributed by atoms with E-state index in [0.29, 0.717) is 5.65 Å². The molecule has 0 atom stereocenters. The lowest BCUT2D eigenvalue weighted by Gasteiger charge is -2.33. The zero-order chi connectivity index (χ0) is 20.4. The molecule has 1 aliphatic heterocycles. The van der Waals surface area contributed by atoms with E-state index in [4.69, 9.17) is 0 Å². The molecular formula is C23H27N5O. The number of rotatable bonds is 4. The van der Waals surface area contributed by atoms with E-state index < -0.39 is 0 Å². The second-order valence-corrected chi connectivity index (χ2v) is 7.69. The van der Waals surface area contributed by atoms with Gasteiger partial charge in [-0.2, -0.15) is 0 Å². The number of nitrogens with zero attached hydrogens (tertiary/aromatic N) is 4. The molecule has 3 heterocycles. The number of hydrogen-bond donors (Lipinski definition) is 1. The van der Waals surface area contributed by atoms with Crippen LogP contribution < -0.4 is 10.2 Å². The fraction of sp³-hybridized carbons (Fsp3) is 0.391. The smallest absolute Gasteiger partial charge is 0.227 e. The summed E-state index contributed by atoms with van der Waals surface area (Å²) in [6, 6.07) is 10.1. The highest BCUT2D eigenvalue weighted by Gasteiger charge is 2.26. The molecular weight excluding hydrogens is 362 g/mol. The van der Waals surface area contributed by atoms with Crippen molar-refractivity contribution in [3.05, 3.63) is 53.5 Å². The molecule has 1 aliphatic rings. The van der Waals surface area contributed by atoms with Crippen molar-refractivity contribution < 1.29 is 4.79 Å². The van der Waals surface area contributed by atoms with Crippen LogP contribution in [-0.2, 0) is 11.2 Å². The molecule has 4 rings (SSSR count). The zero-order valence-electron chi connectivity index (χ0n) is 17.3. The monoisotopic (exact) mass is 389 g/mol. The topological polar surface area (TPSA) is 71.0 Å². The van der Waals surface area contributed by atoms with Crippen LogP contribution in [0, 0.1) is 19.8 Å². The summed E-state index contributed by atoms with van der Waals surface area (Å²) in [6.45, 7) is 7.69. The van der Waals surface area contributed by atoms with Gasteiger partial charge in [0.05, 0.1) is 23.3 Å². The first-order valence-electron chi connectivity index (χ1n) is 10.3. The van der Waals surface area contributed by atoms with E-state index >= 15 is 0 Å². The third kappa shape index (κ3) is 4.06. The lowest BCUT2D eigenvalue weighted by molar-refractivity contribution is -0.120. The van der Waals surface area contributed by atoms with Crippen LogP contribution >= 0.6 is 0 Å². The molecule has 6 heteroatoms. The van der Waals surface area contributed by atoms with Gasteiger partial charge in [0.1, 0.15) is 5.52 Å². The summed E-state index contributed by atoms with van der Waals surface area (Å²) in [5.41, 5.74) is 6.50. The van der Waals surface area contributed by atoms with E-state index in [1.807, 2.05) is 38.2 Å². The highest BCUT2D eigenvalue weighted by atomic mass is 16.1. The number of para-hydroxylation sites is 1. The Bertz CT molecular complexity index is 1040. The molecule has 1 aromatic carbocycles.